The first kappa shape index (κ1) is 16.5. The summed E-state index contributed by atoms with van der Waals surface area (Å²) in [4.78, 5) is 5.18. The molecule has 0 fully saturated rings. The second-order valence-corrected chi connectivity index (χ2v) is 4.86. The van der Waals surface area contributed by atoms with E-state index in [1.165, 1.54) is 0 Å². The molecule has 0 aliphatic carbocycles. The predicted molar refractivity (Wildman–Crippen MR) is 81.9 cm³/mol. The van der Waals surface area contributed by atoms with Crippen molar-refractivity contribution in [3.8, 4) is 6.07 Å². The molecule has 0 unspecified atom stereocenters. The molecule has 0 amide bonds. The maximum atomic E-state index is 9.21. The van der Waals surface area contributed by atoms with Gasteiger partial charge in [0, 0.05) is 17.1 Å². The third kappa shape index (κ3) is 5.20. The van der Waals surface area contributed by atoms with Crippen LogP contribution in [0.4, 0.5) is 0 Å². The highest BCUT2D eigenvalue weighted by atomic mass is 35.5. The van der Waals surface area contributed by atoms with Crippen molar-refractivity contribution in [2.45, 2.75) is 32.6 Å². The van der Waals surface area contributed by atoms with Gasteiger partial charge in [0.15, 0.2) is 0 Å². The number of nitrogens with two attached hydrogens (primary N) is 1. The molecular formula is C15H20ClN3O. The van der Waals surface area contributed by atoms with Crippen LogP contribution in [0.3, 0.4) is 0 Å². The van der Waals surface area contributed by atoms with E-state index < -0.39 is 0 Å². The maximum absolute atomic E-state index is 9.21. The van der Waals surface area contributed by atoms with Crippen LogP contribution < -0.4 is 5.73 Å². The van der Waals surface area contributed by atoms with Gasteiger partial charge < -0.3 is 10.6 Å². The second kappa shape index (κ2) is 9.35. The minimum Gasteiger partial charge on any atom is -0.394 e. The lowest BCUT2D eigenvalue weighted by Crippen LogP contribution is -2.09. The van der Waals surface area contributed by atoms with Gasteiger partial charge in [0.1, 0.15) is 6.61 Å². The smallest absolute Gasteiger partial charge is 0.129 e. The van der Waals surface area contributed by atoms with E-state index in [9.17, 15) is 5.26 Å². The number of hydrogen-bond donors (Lipinski definition) is 1. The number of hydrogen-bond acceptors (Lipinski definition) is 4. The molecule has 1 aromatic carbocycles. The van der Waals surface area contributed by atoms with Crippen LogP contribution in [0.15, 0.2) is 23.4 Å². The highest BCUT2D eigenvalue weighted by Gasteiger charge is 2.11. The number of halogens is 1. The van der Waals surface area contributed by atoms with Crippen molar-refractivity contribution in [2.75, 3.05) is 13.2 Å². The van der Waals surface area contributed by atoms with Gasteiger partial charge in [0.05, 0.1) is 17.3 Å². The minimum absolute atomic E-state index is 0.368. The number of rotatable bonds is 8. The van der Waals surface area contributed by atoms with E-state index in [4.69, 9.17) is 22.2 Å². The fourth-order valence-corrected chi connectivity index (χ4v) is 1.98. The molecule has 0 aliphatic heterocycles. The van der Waals surface area contributed by atoms with E-state index in [1.54, 1.807) is 12.1 Å². The van der Waals surface area contributed by atoms with Crippen LogP contribution in [0.2, 0.25) is 5.02 Å². The van der Waals surface area contributed by atoms with Gasteiger partial charge in [0.25, 0.3) is 0 Å². The summed E-state index contributed by atoms with van der Waals surface area (Å²) < 4.78 is 0. The third-order valence-corrected chi connectivity index (χ3v) is 3.05. The molecule has 0 radical (unpaired) electrons. The summed E-state index contributed by atoms with van der Waals surface area (Å²) in [5.41, 5.74) is 7.46. The Bertz CT molecular complexity index is 494. The van der Waals surface area contributed by atoms with Crippen LogP contribution >= 0.6 is 11.6 Å². The lowest BCUT2D eigenvalue weighted by atomic mass is 9.99. The van der Waals surface area contributed by atoms with Crippen molar-refractivity contribution < 1.29 is 4.84 Å². The molecule has 4 nitrogen and oxygen atoms in total. The quantitative estimate of drug-likeness (QED) is 0.453. The second-order valence-electron chi connectivity index (χ2n) is 4.42. The van der Waals surface area contributed by atoms with Crippen molar-refractivity contribution in [2.24, 2.45) is 10.9 Å². The van der Waals surface area contributed by atoms with Crippen LogP contribution in [0.1, 0.15) is 43.7 Å². The Kier molecular flexibility index (Phi) is 7.71. The fourth-order valence-electron chi connectivity index (χ4n) is 1.81. The van der Waals surface area contributed by atoms with E-state index in [0.29, 0.717) is 23.7 Å². The summed E-state index contributed by atoms with van der Waals surface area (Å²) in [6.07, 6.45) is 4.03. The number of unbranched alkanes of at least 4 members (excludes halogenated alkanes) is 2. The molecule has 0 saturated carbocycles. The summed E-state index contributed by atoms with van der Waals surface area (Å²) in [5.74, 6) is 0. The van der Waals surface area contributed by atoms with Gasteiger partial charge in [-0.3, -0.25) is 0 Å². The fraction of sp³-hybridized carbons (Fsp3) is 0.467. The standard InChI is InChI=1S/C15H20ClN3O/c1-2-3-4-5-15(19-20-9-8-17)14-7-6-13(16)10-12(14)11-18/h6-7,10H,2-5,8-9,17H2,1H3. The van der Waals surface area contributed by atoms with Crippen molar-refractivity contribution in [1.82, 2.24) is 0 Å². The van der Waals surface area contributed by atoms with E-state index in [0.717, 1.165) is 37.0 Å². The first-order valence-electron chi connectivity index (χ1n) is 6.81. The average Bonchev–Trinajstić information content (AvgIpc) is 2.46. The Morgan fingerprint density at radius 2 is 2.25 bits per heavy atom. The third-order valence-electron chi connectivity index (χ3n) is 2.81. The zero-order valence-electron chi connectivity index (χ0n) is 11.7. The summed E-state index contributed by atoms with van der Waals surface area (Å²) >= 11 is 5.92. The highest BCUT2D eigenvalue weighted by Crippen LogP contribution is 2.19. The van der Waals surface area contributed by atoms with Crippen molar-refractivity contribution in [1.29, 1.82) is 5.26 Å². The summed E-state index contributed by atoms with van der Waals surface area (Å²) in [6.45, 7) is 2.93. The SMILES string of the molecule is CCCCCC(=NOCCN)c1ccc(Cl)cc1C#N. The van der Waals surface area contributed by atoms with Crippen LogP contribution in [-0.4, -0.2) is 18.9 Å². The number of benzene rings is 1. The Morgan fingerprint density at radius 3 is 2.90 bits per heavy atom. The Morgan fingerprint density at radius 1 is 1.45 bits per heavy atom. The Balaban J connectivity index is 2.97. The van der Waals surface area contributed by atoms with Crippen molar-refractivity contribution in [3.05, 3.63) is 34.3 Å². The van der Waals surface area contributed by atoms with Crippen LogP contribution in [-0.2, 0) is 4.84 Å². The zero-order chi connectivity index (χ0) is 14.8. The van der Waals surface area contributed by atoms with Crippen LogP contribution in [0.5, 0.6) is 0 Å². The van der Waals surface area contributed by atoms with Gasteiger partial charge in [-0.25, -0.2) is 0 Å². The minimum atomic E-state index is 0.368. The van der Waals surface area contributed by atoms with Crippen LogP contribution in [0.25, 0.3) is 0 Å². The molecular weight excluding hydrogens is 274 g/mol. The monoisotopic (exact) mass is 293 g/mol. The lowest BCUT2D eigenvalue weighted by Gasteiger charge is -2.09. The Labute approximate surface area is 125 Å². The van der Waals surface area contributed by atoms with E-state index >= 15 is 0 Å². The van der Waals surface area contributed by atoms with Gasteiger partial charge in [0.2, 0.25) is 0 Å². The predicted octanol–water partition coefficient (Wildman–Crippen LogP) is 3.47. The molecule has 0 atom stereocenters. The Hall–Kier alpha value is -1.57. The lowest BCUT2D eigenvalue weighted by molar-refractivity contribution is 0.151. The largest absolute Gasteiger partial charge is 0.394 e. The van der Waals surface area contributed by atoms with Gasteiger partial charge in [-0.05, 0) is 25.0 Å². The van der Waals surface area contributed by atoms with Crippen LogP contribution in [0, 0.1) is 11.3 Å². The molecule has 0 heterocycles. The van der Waals surface area contributed by atoms with Gasteiger partial charge in [-0.15, -0.1) is 0 Å². The van der Waals surface area contributed by atoms with E-state index in [-0.39, 0.29) is 0 Å². The zero-order valence-corrected chi connectivity index (χ0v) is 12.5. The van der Waals surface area contributed by atoms with Gasteiger partial charge in [-0.1, -0.05) is 42.6 Å². The van der Waals surface area contributed by atoms with Gasteiger partial charge in [-0.2, -0.15) is 5.26 Å². The molecule has 0 spiro atoms. The molecule has 5 heteroatoms. The first-order valence-corrected chi connectivity index (χ1v) is 7.19. The van der Waals surface area contributed by atoms with Crippen molar-refractivity contribution in [3.63, 3.8) is 0 Å². The molecule has 0 saturated heterocycles. The first-order chi connectivity index (χ1) is 9.72. The summed E-state index contributed by atoms with van der Waals surface area (Å²) in [7, 11) is 0. The van der Waals surface area contributed by atoms with Gasteiger partial charge >= 0.3 is 0 Å². The molecule has 0 aliphatic rings. The molecule has 20 heavy (non-hydrogen) atoms. The molecule has 108 valence electrons. The summed E-state index contributed by atoms with van der Waals surface area (Å²) in [6, 6.07) is 7.38. The van der Waals surface area contributed by atoms with Crippen molar-refractivity contribution >= 4 is 17.3 Å². The number of oxime groups is 1. The molecule has 2 N–H and O–H groups in total. The topological polar surface area (TPSA) is 71.4 Å². The van der Waals surface area contributed by atoms with E-state index in [1.807, 2.05) is 6.07 Å². The maximum Gasteiger partial charge on any atom is 0.129 e. The average molecular weight is 294 g/mol. The molecule has 0 bridgehead atoms. The van der Waals surface area contributed by atoms with E-state index in [2.05, 4.69) is 18.1 Å². The normalized spacial score (nSPS) is 11.2. The number of nitrogens with zero attached hydrogens (tertiary/aromatic N) is 2. The molecule has 1 rings (SSSR count). The molecule has 1 aromatic rings. The summed E-state index contributed by atoms with van der Waals surface area (Å²) in [5, 5.41) is 13.9. The molecule has 0 aromatic heterocycles. The highest BCUT2D eigenvalue weighted by molar-refractivity contribution is 6.30. The number of nitriles is 1.